The standard InChI is InChI=1S/C22H32N4O7/c1-21(2,3)32-19(27)25(20(28)33-22(4,5)6)16-10-14(26(29)30)11-17-18(16)24-9-8-23(7)12-15(24)13-31-17/h10-11,15H,8-9,12-13H2,1-7H3/t15-/m1/s1. The Bertz CT molecular complexity index is 923. The van der Waals surface area contributed by atoms with Gasteiger partial charge in [0.05, 0.1) is 22.7 Å². The van der Waals surface area contributed by atoms with Crippen LogP contribution in [-0.2, 0) is 9.47 Å². The van der Waals surface area contributed by atoms with Crippen molar-refractivity contribution in [2.45, 2.75) is 58.8 Å². The van der Waals surface area contributed by atoms with E-state index in [1.807, 2.05) is 11.9 Å². The second kappa shape index (κ2) is 8.69. The fraction of sp³-hybridized carbons (Fsp3) is 0.636. The largest absolute Gasteiger partial charge is 0.489 e. The number of anilines is 2. The summed E-state index contributed by atoms with van der Waals surface area (Å²) < 4.78 is 16.8. The van der Waals surface area contributed by atoms with Crippen LogP contribution < -0.4 is 14.5 Å². The number of fused-ring (bicyclic) bond motifs is 3. The van der Waals surface area contributed by atoms with Crippen molar-refractivity contribution in [1.82, 2.24) is 4.90 Å². The SMILES string of the molecule is CN1CCN2c3c(cc([N+](=O)[O-])cc3N(C(=O)OC(C)(C)C)C(=O)OC(C)(C)C)OC[C@H]2C1. The van der Waals surface area contributed by atoms with Gasteiger partial charge < -0.3 is 24.0 Å². The first-order chi connectivity index (χ1) is 15.2. The zero-order valence-corrected chi connectivity index (χ0v) is 20.2. The Morgan fingerprint density at radius 3 is 2.18 bits per heavy atom. The molecule has 1 fully saturated rings. The fourth-order valence-electron chi connectivity index (χ4n) is 3.77. The highest BCUT2D eigenvalue weighted by atomic mass is 16.6. The fourth-order valence-corrected chi connectivity index (χ4v) is 3.77. The van der Waals surface area contributed by atoms with Crippen LogP contribution in [0.4, 0.5) is 26.7 Å². The maximum absolute atomic E-state index is 13.2. The second-order valence-corrected chi connectivity index (χ2v) is 10.3. The molecule has 1 atom stereocenters. The molecule has 182 valence electrons. The van der Waals surface area contributed by atoms with Gasteiger partial charge in [-0.15, -0.1) is 0 Å². The second-order valence-electron chi connectivity index (χ2n) is 10.3. The number of benzene rings is 1. The molecule has 0 N–H and O–H groups in total. The van der Waals surface area contributed by atoms with Crippen molar-refractivity contribution in [3.05, 3.63) is 22.2 Å². The van der Waals surface area contributed by atoms with Crippen LogP contribution in [0.3, 0.4) is 0 Å². The highest BCUT2D eigenvalue weighted by Crippen LogP contribution is 2.46. The molecule has 1 aromatic rings. The van der Waals surface area contributed by atoms with E-state index >= 15 is 0 Å². The number of nitrogens with zero attached hydrogens (tertiary/aromatic N) is 4. The number of piperazine rings is 1. The van der Waals surface area contributed by atoms with Crippen LogP contribution in [0.2, 0.25) is 0 Å². The summed E-state index contributed by atoms with van der Waals surface area (Å²) in [5.41, 5.74) is -1.71. The van der Waals surface area contributed by atoms with Crippen LogP contribution in [0.1, 0.15) is 41.5 Å². The molecule has 0 spiro atoms. The first-order valence-electron chi connectivity index (χ1n) is 10.8. The Hall–Kier alpha value is -3.08. The number of non-ortho nitro benzene ring substituents is 1. The predicted octanol–water partition coefficient (Wildman–Crippen LogP) is 3.78. The van der Waals surface area contributed by atoms with Gasteiger partial charge in [-0.1, -0.05) is 0 Å². The molecule has 2 aliphatic heterocycles. The van der Waals surface area contributed by atoms with Gasteiger partial charge in [0.15, 0.2) is 5.75 Å². The Kier molecular flexibility index (Phi) is 6.47. The third-order valence-electron chi connectivity index (χ3n) is 5.05. The van der Waals surface area contributed by atoms with Crippen LogP contribution in [0.25, 0.3) is 0 Å². The van der Waals surface area contributed by atoms with E-state index in [0.29, 0.717) is 25.4 Å². The molecule has 2 amide bonds. The molecule has 0 unspecified atom stereocenters. The van der Waals surface area contributed by atoms with Crippen molar-refractivity contribution >= 4 is 29.2 Å². The smallest absolute Gasteiger partial charge is 0.424 e. The van der Waals surface area contributed by atoms with Crippen LogP contribution >= 0.6 is 0 Å². The van der Waals surface area contributed by atoms with Crippen LogP contribution in [0.15, 0.2) is 12.1 Å². The van der Waals surface area contributed by atoms with Gasteiger partial charge in [0, 0.05) is 25.7 Å². The minimum absolute atomic E-state index is 0.00282. The van der Waals surface area contributed by atoms with Gasteiger partial charge in [0.1, 0.15) is 23.5 Å². The number of imide groups is 1. The summed E-state index contributed by atoms with van der Waals surface area (Å²) in [5, 5.41) is 11.7. The van der Waals surface area contributed by atoms with Gasteiger partial charge in [0.25, 0.3) is 5.69 Å². The molecule has 11 nitrogen and oxygen atoms in total. The third-order valence-corrected chi connectivity index (χ3v) is 5.05. The molecule has 11 heteroatoms. The number of nitro groups is 1. The molecule has 33 heavy (non-hydrogen) atoms. The molecule has 2 aliphatic rings. The van der Waals surface area contributed by atoms with Crippen molar-refractivity contribution in [2.75, 3.05) is 43.1 Å². The quantitative estimate of drug-likeness (QED) is 0.476. The minimum Gasteiger partial charge on any atom is -0.489 e. The van der Waals surface area contributed by atoms with Gasteiger partial charge in [-0.05, 0) is 48.6 Å². The van der Waals surface area contributed by atoms with E-state index in [9.17, 15) is 19.7 Å². The number of carbonyl (C=O) groups is 2. The first-order valence-corrected chi connectivity index (χ1v) is 10.8. The van der Waals surface area contributed by atoms with Crippen molar-refractivity contribution in [1.29, 1.82) is 0 Å². The summed E-state index contributed by atoms with van der Waals surface area (Å²) in [7, 11) is 2.00. The lowest BCUT2D eigenvalue weighted by molar-refractivity contribution is -0.384. The number of ether oxygens (including phenoxy) is 3. The van der Waals surface area contributed by atoms with Crippen molar-refractivity contribution in [2.24, 2.45) is 0 Å². The van der Waals surface area contributed by atoms with Crippen LogP contribution in [0.5, 0.6) is 5.75 Å². The Labute approximate surface area is 193 Å². The van der Waals surface area contributed by atoms with E-state index in [4.69, 9.17) is 14.2 Å². The first kappa shape index (κ1) is 24.6. The molecule has 3 rings (SSSR count). The van der Waals surface area contributed by atoms with E-state index in [1.165, 1.54) is 12.1 Å². The lowest BCUT2D eigenvalue weighted by Crippen LogP contribution is -2.56. The van der Waals surface area contributed by atoms with E-state index in [1.54, 1.807) is 41.5 Å². The summed E-state index contributed by atoms with van der Waals surface area (Å²) >= 11 is 0. The molecule has 0 radical (unpaired) electrons. The van der Waals surface area contributed by atoms with Gasteiger partial charge in [-0.25, -0.2) is 9.59 Å². The molecule has 1 aromatic carbocycles. The predicted molar refractivity (Wildman–Crippen MR) is 122 cm³/mol. The van der Waals surface area contributed by atoms with E-state index < -0.39 is 28.3 Å². The summed E-state index contributed by atoms with van der Waals surface area (Å²) in [4.78, 5) is 42.4. The topological polar surface area (TPSA) is 115 Å². The zero-order valence-electron chi connectivity index (χ0n) is 20.2. The number of carbonyl (C=O) groups excluding carboxylic acids is 2. The summed E-state index contributed by atoms with van der Waals surface area (Å²) in [6.07, 6.45) is -1.98. The van der Waals surface area contributed by atoms with Crippen molar-refractivity contribution in [3.8, 4) is 5.75 Å². The molecule has 0 bridgehead atoms. The highest BCUT2D eigenvalue weighted by molar-refractivity contribution is 6.12. The van der Waals surface area contributed by atoms with Crippen LogP contribution in [0, 0.1) is 10.1 Å². The Balaban J connectivity index is 2.19. The minimum atomic E-state index is -0.990. The lowest BCUT2D eigenvalue weighted by atomic mass is 10.1. The molecule has 0 aromatic heterocycles. The van der Waals surface area contributed by atoms with Gasteiger partial charge >= 0.3 is 12.2 Å². The van der Waals surface area contributed by atoms with Gasteiger partial charge in [-0.2, -0.15) is 4.90 Å². The van der Waals surface area contributed by atoms with Crippen LogP contribution in [-0.4, -0.2) is 72.5 Å². The zero-order chi connectivity index (χ0) is 24.7. The van der Waals surface area contributed by atoms with Crippen molar-refractivity contribution < 1.29 is 28.7 Å². The maximum Gasteiger partial charge on any atom is 0.424 e. The molecule has 0 aliphatic carbocycles. The molecule has 2 heterocycles. The highest BCUT2D eigenvalue weighted by Gasteiger charge is 2.41. The van der Waals surface area contributed by atoms with Gasteiger partial charge in [-0.3, -0.25) is 10.1 Å². The lowest BCUT2D eigenvalue weighted by Gasteiger charge is -2.45. The maximum atomic E-state index is 13.2. The average Bonchev–Trinajstić information content (AvgIpc) is 2.64. The average molecular weight is 465 g/mol. The monoisotopic (exact) mass is 464 g/mol. The van der Waals surface area contributed by atoms with Gasteiger partial charge in [0.2, 0.25) is 0 Å². The summed E-state index contributed by atoms with van der Waals surface area (Å²) in [6.45, 7) is 12.4. The molecule has 0 saturated carbocycles. The van der Waals surface area contributed by atoms with Crippen molar-refractivity contribution in [3.63, 3.8) is 0 Å². The molecular formula is C22H32N4O7. The number of nitro benzene ring substituents is 1. The number of hydrogen-bond donors (Lipinski definition) is 0. The van der Waals surface area contributed by atoms with E-state index in [0.717, 1.165) is 11.4 Å². The number of amides is 2. The Morgan fingerprint density at radius 1 is 1.09 bits per heavy atom. The molecular weight excluding hydrogens is 432 g/mol. The number of rotatable bonds is 2. The van der Waals surface area contributed by atoms with E-state index in [-0.39, 0.29) is 23.2 Å². The summed E-state index contributed by atoms with van der Waals surface area (Å²) in [5.74, 6) is 0.233. The molecule has 1 saturated heterocycles. The number of hydrogen-bond acceptors (Lipinski definition) is 9. The van der Waals surface area contributed by atoms with E-state index in [2.05, 4.69) is 4.90 Å². The Morgan fingerprint density at radius 2 is 1.67 bits per heavy atom. The summed E-state index contributed by atoms with van der Waals surface area (Å²) in [6, 6.07) is 2.46. The third kappa shape index (κ3) is 5.65. The normalized spacial score (nSPS) is 18.5. The number of likely N-dealkylation sites (N-methyl/N-ethyl adjacent to an activating group) is 1.